The standard InChI is InChI=1S/C24H40/c1-4-6-16-24-17-14-21-20(22(24)13-11-18(24)5-2)12-10-19-9-7-8-15-23(19,21)3/h4,18-22H,1,5-17H2,2-3H3/t18-,19?,20+,21-,22-,23-,24+/m0/s1. The SMILES string of the molecule is C=CCC[C@]12CC[C@H]3[C@@H](CCC4CCCC[C@@]43C)[C@@H]1CC[C@@H]2CC. The Bertz CT molecular complexity index is 465. The maximum atomic E-state index is 4.05. The van der Waals surface area contributed by atoms with Crippen LogP contribution in [0.2, 0.25) is 0 Å². The first-order valence-corrected chi connectivity index (χ1v) is 11.3. The van der Waals surface area contributed by atoms with Crippen LogP contribution in [0.5, 0.6) is 0 Å². The van der Waals surface area contributed by atoms with Gasteiger partial charge in [-0.2, -0.15) is 0 Å². The molecule has 0 heterocycles. The van der Waals surface area contributed by atoms with Gasteiger partial charge in [0.15, 0.2) is 0 Å². The fraction of sp³-hybridized carbons (Fsp3) is 0.917. The molecule has 4 rings (SSSR count). The Balaban J connectivity index is 1.62. The minimum Gasteiger partial charge on any atom is -0.103 e. The Hall–Kier alpha value is -0.260. The van der Waals surface area contributed by atoms with Crippen LogP contribution in [0.15, 0.2) is 12.7 Å². The van der Waals surface area contributed by atoms with Crippen molar-refractivity contribution in [1.82, 2.24) is 0 Å². The lowest BCUT2D eigenvalue weighted by Crippen LogP contribution is -2.53. The molecule has 0 N–H and O–H groups in total. The van der Waals surface area contributed by atoms with Crippen LogP contribution in [0, 0.1) is 40.4 Å². The summed E-state index contributed by atoms with van der Waals surface area (Å²) in [7, 11) is 0. The zero-order chi connectivity index (χ0) is 16.8. The molecule has 4 aliphatic carbocycles. The Kier molecular flexibility index (Phi) is 4.63. The van der Waals surface area contributed by atoms with Crippen molar-refractivity contribution < 1.29 is 0 Å². The van der Waals surface area contributed by atoms with Gasteiger partial charge >= 0.3 is 0 Å². The molecule has 0 aromatic rings. The molecule has 0 aromatic carbocycles. The third kappa shape index (κ3) is 2.38. The molecule has 0 saturated heterocycles. The predicted octanol–water partition coefficient (Wildman–Crippen LogP) is 7.39. The molecule has 0 radical (unpaired) electrons. The molecule has 0 aromatic heterocycles. The fourth-order valence-corrected chi connectivity index (χ4v) is 8.71. The van der Waals surface area contributed by atoms with E-state index in [9.17, 15) is 0 Å². The van der Waals surface area contributed by atoms with Crippen molar-refractivity contribution in [3.8, 4) is 0 Å². The monoisotopic (exact) mass is 328 g/mol. The van der Waals surface area contributed by atoms with Gasteiger partial charge in [0.1, 0.15) is 0 Å². The molecule has 1 unspecified atom stereocenters. The van der Waals surface area contributed by atoms with Gasteiger partial charge in [0, 0.05) is 0 Å². The Morgan fingerprint density at radius 2 is 1.83 bits per heavy atom. The number of fused-ring (bicyclic) bond motifs is 5. The molecular weight excluding hydrogens is 288 g/mol. The van der Waals surface area contributed by atoms with Gasteiger partial charge < -0.3 is 0 Å². The largest absolute Gasteiger partial charge is 0.103 e. The fourth-order valence-electron chi connectivity index (χ4n) is 8.71. The van der Waals surface area contributed by atoms with Crippen LogP contribution in [0.3, 0.4) is 0 Å². The quantitative estimate of drug-likeness (QED) is 0.472. The average molecular weight is 329 g/mol. The topological polar surface area (TPSA) is 0 Å². The summed E-state index contributed by atoms with van der Waals surface area (Å²) in [5.41, 5.74) is 1.40. The van der Waals surface area contributed by atoms with Gasteiger partial charge in [-0.25, -0.2) is 0 Å². The lowest BCUT2D eigenvalue weighted by molar-refractivity contribution is -0.117. The number of allylic oxidation sites excluding steroid dienone is 1. The van der Waals surface area contributed by atoms with Crippen LogP contribution in [0.4, 0.5) is 0 Å². The smallest absolute Gasteiger partial charge is 0.0235 e. The highest BCUT2D eigenvalue weighted by molar-refractivity contribution is 5.10. The molecule has 0 heteroatoms. The molecule has 136 valence electrons. The maximum Gasteiger partial charge on any atom is -0.0235 e. The molecule has 7 atom stereocenters. The van der Waals surface area contributed by atoms with E-state index in [-0.39, 0.29) is 0 Å². The molecule has 0 aliphatic heterocycles. The predicted molar refractivity (Wildman–Crippen MR) is 104 cm³/mol. The van der Waals surface area contributed by atoms with Crippen LogP contribution >= 0.6 is 0 Å². The van der Waals surface area contributed by atoms with E-state index in [2.05, 4.69) is 26.5 Å². The van der Waals surface area contributed by atoms with Gasteiger partial charge in [-0.05, 0) is 105 Å². The van der Waals surface area contributed by atoms with Crippen molar-refractivity contribution in [3.05, 3.63) is 12.7 Å². The van der Waals surface area contributed by atoms with Gasteiger partial charge in [-0.3, -0.25) is 0 Å². The second kappa shape index (κ2) is 6.48. The highest BCUT2D eigenvalue weighted by Crippen LogP contribution is 2.69. The molecule has 24 heavy (non-hydrogen) atoms. The van der Waals surface area contributed by atoms with E-state index < -0.39 is 0 Å². The third-order valence-corrected chi connectivity index (χ3v) is 9.78. The lowest BCUT2D eigenvalue weighted by atomic mass is 9.44. The van der Waals surface area contributed by atoms with Gasteiger partial charge in [0.2, 0.25) is 0 Å². The highest BCUT2D eigenvalue weighted by Gasteiger charge is 2.60. The van der Waals surface area contributed by atoms with Gasteiger partial charge in [-0.15, -0.1) is 6.58 Å². The normalized spacial score (nSPS) is 50.7. The van der Waals surface area contributed by atoms with Crippen LogP contribution in [-0.2, 0) is 0 Å². The maximum absolute atomic E-state index is 4.05. The van der Waals surface area contributed by atoms with Crippen molar-refractivity contribution in [2.45, 2.75) is 97.3 Å². The molecule has 0 amide bonds. The molecular formula is C24H40. The first-order chi connectivity index (χ1) is 11.7. The van der Waals surface area contributed by atoms with E-state index in [1.54, 1.807) is 44.9 Å². The summed E-state index contributed by atoms with van der Waals surface area (Å²) in [5.74, 6) is 5.27. The van der Waals surface area contributed by atoms with Crippen molar-refractivity contribution in [2.24, 2.45) is 40.4 Å². The highest BCUT2D eigenvalue weighted by atomic mass is 14.6. The van der Waals surface area contributed by atoms with Crippen molar-refractivity contribution >= 4 is 0 Å². The van der Waals surface area contributed by atoms with Crippen LogP contribution in [0.25, 0.3) is 0 Å². The van der Waals surface area contributed by atoms with E-state index in [0.29, 0.717) is 10.8 Å². The third-order valence-electron chi connectivity index (χ3n) is 9.78. The minimum atomic E-state index is 0.696. The van der Waals surface area contributed by atoms with E-state index >= 15 is 0 Å². The van der Waals surface area contributed by atoms with E-state index in [1.807, 2.05) is 0 Å². The first-order valence-electron chi connectivity index (χ1n) is 11.3. The number of rotatable bonds is 4. The van der Waals surface area contributed by atoms with Crippen LogP contribution in [-0.4, -0.2) is 0 Å². The molecule has 0 spiro atoms. The molecule has 0 bridgehead atoms. The van der Waals surface area contributed by atoms with E-state index in [0.717, 1.165) is 29.6 Å². The number of hydrogen-bond acceptors (Lipinski definition) is 0. The van der Waals surface area contributed by atoms with Crippen LogP contribution in [0.1, 0.15) is 97.3 Å². The summed E-state index contributed by atoms with van der Waals surface area (Å²) in [4.78, 5) is 0. The summed E-state index contributed by atoms with van der Waals surface area (Å²) >= 11 is 0. The molecule has 0 nitrogen and oxygen atoms in total. The molecule has 4 saturated carbocycles. The number of hydrogen-bond donors (Lipinski definition) is 0. The van der Waals surface area contributed by atoms with Gasteiger partial charge in [0.05, 0.1) is 0 Å². The second-order valence-electron chi connectivity index (χ2n) is 10.2. The summed E-state index contributed by atoms with van der Waals surface area (Å²) in [6.45, 7) is 9.24. The van der Waals surface area contributed by atoms with Crippen molar-refractivity contribution in [2.75, 3.05) is 0 Å². The van der Waals surface area contributed by atoms with Gasteiger partial charge in [-0.1, -0.05) is 39.2 Å². The minimum absolute atomic E-state index is 0.696. The molecule has 4 fully saturated rings. The van der Waals surface area contributed by atoms with E-state index in [1.165, 1.54) is 38.5 Å². The van der Waals surface area contributed by atoms with Crippen LogP contribution < -0.4 is 0 Å². The first kappa shape index (κ1) is 17.2. The van der Waals surface area contributed by atoms with Crippen molar-refractivity contribution in [1.29, 1.82) is 0 Å². The molecule has 4 aliphatic rings. The summed E-state index contributed by atoms with van der Waals surface area (Å²) in [6, 6.07) is 0. The van der Waals surface area contributed by atoms with Gasteiger partial charge in [0.25, 0.3) is 0 Å². The zero-order valence-corrected chi connectivity index (χ0v) is 16.4. The summed E-state index contributed by atoms with van der Waals surface area (Å²) in [6.07, 6.45) is 21.8. The zero-order valence-electron chi connectivity index (χ0n) is 16.4. The Morgan fingerprint density at radius 1 is 0.958 bits per heavy atom. The average Bonchev–Trinajstić information content (AvgIpc) is 2.98. The lowest BCUT2D eigenvalue weighted by Gasteiger charge is -2.61. The van der Waals surface area contributed by atoms with E-state index in [4.69, 9.17) is 0 Å². The summed E-state index contributed by atoms with van der Waals surface area (Å²) < 4.78 is 0. The summed E-state index contributed by atoms with van der Waals surface area (Å²) in [5, 5.41) is 0. The van der Waals surface area contributed by atoms with Crippen molar-refractivity contribution in [3.63, 3.8) is 0 Å². The Morgan fingerprint density at radius 3 is 2.62 bits per heavy atom. The second-order valence-corrected chi connectivity index (χ2v) is 10.2. The Labute approximate surface area is 150 Å².